The number of rotatable bonds is 9. The summed E-state index contributed by atoms with van der Waals surface area (Å²) in [5, 5.41) is 0. The van der Waals surface area contributed by atoms with Crippen LogP contribution in [-0.2, 0) is 4.74 Å². The van der Waals surface area contributed by atoms with E-state index in [2.05, 4.69) is 33.2 Å². The SMILES string of the molecule is C=C(/C=C\C(=C)C(=C)/C(F)=C\C(=C)OC)/C=C/c1ccc(C2CCC(C)CC2)c(F)c1F. The molecule has 1 aromatic rings. The van der Waals surface area contributed by atoms with E-state index in [-0.39, 0.29) is 22.8 Å². The van der Waals surface area contributed by atoms with E-state index in [4.69, 9.17) is 4.74 Å². The van der Waals surface area contributed by atoms with Gasteiger partial charge in [0.15, 0.2) is 11.6 Å². The van der Waals surface area contributed by atoms with Crippen molar-refractivity contribution in [3.8, 4) is 0 Å². The topological polar surface area (TPSA) is 9.23 Å². The van der Waals surface area contributed by atoms with E-state index in [1.807, 2.05) is 0 Å². The Morgan fingerprint density at radius 2 is 1.62 bits per heavy atom. The molecule has 0 N–H and O–H groups in total. The van der Waals surface area contributed by atoms with Gasteiger partial charge < -0.3 is 4.74 Å². The highest BCUT2D eigenvalue weighted by Crippen LogP contribution is 2.37. The average Bonchev–Trinajstić information content (AvgIpc) is 2.78. The highest BCUT2D eigenvalue weighted by molar-refractivity contribution is 5.57. The molecule has 32 heavy (non-hydrogen) atoms. The number of hydrogen-bond acceptors (Lipinski definition) is 1. The molecule has 0 aliphatic heterocycles. The van der Waals surface area contributed by atoms with E-state index < -0.39 is 17.5 Å². The molecule has 1 fully saturated rings. The summed E-state index contributed by atoms with van der Waals surface area (Å²) in [7, 11) is 1.39. The number of halogens is 3. The van der Waals surface area contributed by atoms with Crippen LogP contribution in [0, 0.1) is 17.6 Å². The first-order chi connectivity index (χ1) is 15.1. The van der Waals surface area contributed by atoms with Gasteiger partial charge in [-0.05, 0) is 41.4 Å². The third-order valence-corrected chi connectivity index (χ3v) is 5.80. The first-order valence-electron chi connectivity index (χ1n) is 10.7. The van der Waals surface area contributed by atoms with Crippen molar-refractivity contribution in [2.24, 2.45) is 5.92 Å². The minimum Gasteiger partial charge on any atom is -0.497 e. The Hall–Kier alpha value is -3.01. The summed E-state index contributed by atoms with van der Waals surface area (Å²) in [5.41, 5.74) is 1.54. The molecule has 0 radical (unpaired) electrons. The average molecular weight is 441 g/mol. The Kier molecular flexibility index (Phi) is 9.13. The fraction of sp³-hybridized carbons (Fsp3) is 0.286. The van der Waals surface area contributed by atoms with Crippen molar-refractivity contribution in [1.82, 2.24) is 0 Å². The Bertz CT molecular complexity index is 986. The van der Waals surface area contributed by atoms with Crippen LogP contribution in [-0.4, -0.2) is 7.11 Å². The Morgan fingerprint density at radius 1 is 0.969 bits per heavy atom. The van der Waals surface area contributed by atoms with E-state index in [0.29, 0.717) is 22.6 Å². The molecule has 0 spiro atoms. The van der Waals surface area contributed by atoms with Crippen LogP contribution in [0.5, 0.6) is 0 Å². The van der Waals surface area contributed by atoms with Gasteiger partial charge in [0.2, 0.25) is 0 Å². The lowest BCUT2D eigenvalue weighted by Crippen LogP contribution is -2.13. The van der Waals surface area contributed by atoms with Crippen molar-refractivity contribution in [2.75, 3.05) is 7.11 Å². The van der Waals surface area contributed by atoms with Crippen LogP contribution in [0.2, 0.25) is 0 Å². The molecule has 0 amide bonds. The van der Waals surface area contributed by atoms with E-state index in [0.717, 1.165) is 31.8 Å². The third-order valence-electron chi connectivity index (χ3n) is 5.80. The molecule has 170 valence electrons. The highest BCUT2D eigenvalue weighted by Gasteiger charge is 2.24. The summed E-state index contributed by atoms with van der Waals surface area (Å²) in [6.45, 7) is 17.0. The molecular formula is C28H31F3O. The van der Waals surface area contributed by atoms with Gasteiger partial charge in [-0.25, -0.2) is 13.2 Å². The van der Waals surface area contributed by atoms with Crippen molar-refractivity contribution in [3.05, 3.63) is 114 Å². The van der Waals surface area contributed by atoms with E-state index in [1.54, 1.807) is 30.4 Å². The van der Waals surface area contributed by atoms with Crippen molar-refractivity contribution in [1.29, 1.82) is 0 Å². The molecule has 0 atom stereocenters. The molecule has 1 aliphatic carbocycles. The van der Waals surface area contributed by atoms with Crippen LogP contribution < -0.4 is 0 Å². The minimum atomic E-state index is -0.850. The number of benzene rings is 1. The van der Waals surface area contributed by atoms with Gasteiger partial charge in [0, 0.05) is 17.2 Å². The van der Waals surface area contributed by atoms with Gasteiger partial charge in [-0.2, -0.15) is 0 Å². The van der Waals surface area contributed by atoms with Gasteiger partial charge in [-0.15, -0.1) is 0 Å². The van der Waals surface area contributed by atoms with Gasteiger partial charge in [0.1, 0.15) is 11.6 Å². The Labute approximate surface area is 189 Å². The normalized spacial score (nSPS) is 19.3. The first-order valence-corrected chi connectivity index (χ1v) is 10.7. The van der Waals surface area contributed by atoms with E-state index in [1.165, 1.54) is 13.2 Å². The first kappa shape index (κ1) is 25.3. The smallest absolute Gasteiger partial charge is 0.166 e. The quantitative estimate of drug-likeness (QED) is 0.276. The number of allylic oxidation sites excluding steroid dienone is 8. The van der Waals surface area contributed by atoms with Crippen LogP contribution in [0.4, 0.5) is 13.2 Å². The van der Waals surface area contributed by atoms with Crippen LogP contribution in [0.25, 0.3) is 6.08 Å². The molecular weight excluding hydrogens is 409 g/mol. The molecule has 1 nitrogen and oxygen atoms in total. The zero-order valence-corrected chi connectivity index (χ0v) is 18.9. The molecule has 0 unspecified atom stereocenters. The third kappa shape index (κ3) is 6.74. The second kappa shape index (κ2) is 11.6. The van der Waals surface area contributed by atoms with Crippen LogP contribution >= 0.6 is 0 Å². The predicted octanol–water partition coefficient (Wildman–Crippen LogP) is 8.51. The summed E-state index contributed by atoms with van der Waals surface area (Å²) in [6, 6.07) is 3.29. The highest BCUT2D eigenvalue weighted by atomic mass is 19.2. The summed E-state index contributed by atoms with van der Waals surface area (Å²) in [6.07, 6.45) is 11.1. The van der Waals surface area contributed by atoms with Crippen LogP contribution in [0.1, 0.15) is 49.7 Å². The molecule has 2 rings (SSSR count). The fourth-order valence-electron chi connectivity index (χ4n) is 3.60. The van der Waals surface area contributed by atoms with Crippen molar-refractivity contribution < 1.29 is 17.9 Å². The monoisotopic (exact) mass is 440 g/mol. The summed E-state index contributed by atoms with van der Waals surface area (Å²) >= 11 is 0. The minimum absolute atomic E-state index is 0.0752. The fourth-order valence-corrected chi connectivity index (χ4v) is 3.60. The molecule has 1 saturated carbocycles. The van der Waals surface area contributed by atoms with Gasteiger partial charge in [0.25, 0.3) is 0 Å². The van der Waals surface area contributed by atoms with Crippen LogP contribution in [0.3, 0.4) is 0 Å². The summed E-state index contributed by atoms with van der Waals surface area (Å²) in [4.78, 5) is 0. The lowest BCUT2D eigenvalue weighted by atomic mass is 9.79. The lowest BCUT2D eigenvalue weighted by Gasteiger charge is -2.27. The summed E-state index contributed by atoms with van der Waals surface area (Å²) in [5.74, 6) is -1.35. The zero-order chi connectivity index (χ0) is 23.8. The maximum atomic E-state index is 14.7. The predicted molar refractivity (Wildman–Crippen MR) is 128 cm³/mol. The molecule has 1 aromatic carbocycles. The number of hydrogen-bond donors (Lipinski definition) is 0. The maximum absolute atomic E-state index is 14.7. The van der Waals surface area contributed by atoms with Gasteiger partial charge in [-0.3, -0.25) is 0 Å². The molecule has 0 bridgehead atoms. The molecule has 0 heterocycles. The van der Waals surface area contributed by atoms with Crippen molar-refractivity contribution >= 4 is 6.08 Å². The van der Waals surface area contributed by atoms with Gasteiger partial charge in [-0.1, -0.05) is 82.5 Å². The standard InChI is InChI=1S/C28H31F3O/c1-18(7-11-20(3)22(5)26(29)17-21(4)32-6)10-14-24-15-16-25(28(31)27(24)30)23-12-8-19(2)9-13-23/h7,10-11,14-17,19,23H,1,3-5,8-9,12-13H2,2,6H3/b11-7-,14-10+,26-17+. The molecule has 4 heteroatoms. The van der Waals surface area contributed by atoms with E-state index in [9.17, 15) is 13.2 Å². The molecule has 1 aliphatic rings. The number of methoxy groups -OCH3 is 1. The van der Waals surface area contributed by atoms with Crippen molar-refractivity contribution in [2.45, 2.75) is 38.5 Å². The van der Waals surface area contributed by atoms with Gasteiger partial charge in [0.05, 0.1) is 7.11 Å². The summed E-state index contributed by atoms with van der Waals surface area (Å²) < 4.78 is 48.2. The van der Waals surface area contributed by atoms with Gasteiger partial charge >= 0.3 is 0 Å². The second-order valence-corrected chi connectivity index (χ2v) is 8.24. The molecule has 0 saturated heterocycles. The molecule has 0 aromatic heterocycles. The Morgan fingerprint density at radius 3 is 2.25 bits per heavy atom. The van der Waals surface area contributed by atoms with Crippen LogP contribution in [0.15, 0.2) is 91.1 Å². The van der Waals surface area contributed by atoms with E-state index >= 15 is 0 Å². The Balaban J connectivity index is 2.04. The second-order valence-electron chi connectivity index (χ2n) is 8.24. The zero-order valence-electron chi connectivity index (χ0n) is 18.9. The lowest BCUT2D eigenvalue weighted by molar-refractivity contribution is 0.307. The maximum Gasteiger partial charge on any atom is 0.166 e. The number of ether oxygens (including phenoxy) is 1. The van der Waals surface area contributed by atoms with Crippen molar-refractivity contribution in [3.63, 3.8) is 0 Å². The largest absolute Gasteiger partial charge is 0.497 e.